The van der Waals surface area contributed by atoms with Crippen LogP contribution in [0.4, 0.5) is 0 Å². The fourth-order valence-electron chi connectivity index (χ4n) is 2.87. The molecule has 8 heteroatoms. The molecule has 1 amide bonds. The van der Waals surface area contributed by atoms with Crippen LogP contribution in [-0.2, 0) is 9.53 Å². The number of rotatable bonds is 6. The Kier molecular flexibility index (Phi) is 5.08. The van der Waals surface area contributed by atoms with Gasteiger partial charge in [-0.3, -0.25) is 4.79 Å². The summed E-state index contributed by atoms with van der Waals surface area (Å²) in [5, 5.41) is 15.5. The third-order valence-electron chi connectivity index (χ3n) is 4.02. The Morgan fingerprint density at radius 2 is 2.19 bits per heavy atom. The molecule has 1 aliphatic heterocycles. The number of hydrogen-bond donors (Lipinski definition) is 1. The molecule has 2 fully saturated rings. The van der Waals surface area contributed by atoms with Crippen LogP contribution in [0.1, 0.15) is 44.6 Å². The van der Waals surface area contributed by atoms with E-state index in [0.717, 1.165) is 37.4 Å². The Hall–Kier alpha value is -1.15. The van der Waals surface area contributed by atoms with Gasteiger partial charge in [0.05, 0.1) is 17.9 Å². The zero-order valence-corrected chi connectivity index (χ0v) is 12.8. The lowest BCUT2D eigenvalue weighted by molar-refractivity contribution is -0.119. The van der Waals surface area contributed by atoms with Crippen molar-refractivity contribution in [1.82, 2.24) is 25.5 Å². The summed E-state index contributed by atoms with van der Waals surface area (Å²) in [7, 11) is 0. The van der Waals surface area contributed by atoms with Crippen LogP contribution in [0.25, 0.3) is 0 Å². The number of nitrogens with zero attached hydrogens (tertiary/aromatic N) is 4. The van der Waals surface area contributed by atoms with Gasteiger partial charge in [0, 0.05) is 13.2 Å². The number of nitrogens with one attached hydrogen (secondary N) is 1. The Bertz CT molecular complexity index is 469. The van der Waals surface area contributed by atoms with E-state index in [2.05, 4.69) is 20.8 Å². The molecular weight excluding hydrogens is 290 g/mol. The third kappa shape index (κ3) is 3.94. The van der Waals surface area contributed by atoms with E-state index < -0.39 is 0 Å². The second-order valence-electron chi connectivity index (χ2n) is 5.57. The molecule has 1 N–H and O–H groups in total. The molecule has 7 nitrogen and oxygen atoms in total. The van der Waals surface area contributed by atoms with Crippen molar-refractivity contribution in [2.75, 3.05) is 18.9 Å². The number of carbonyl (C=O) groups excluding carboxylic acids is 1. The zero-order valence-electron chi connectivity index (χ0n) is 12.0. The molecule has 0 spiro atoms. The Morgan fingerprint density at radius 3 is 2.95 bits per heavy atom. The van der Waals surface area contributed by atoms with Gasteiger partial charge >= 0.3 is 0 Å². The predicted octanol–water partition coefficient (Wildman–Crippen LogP) is 1.18. The van der Waals surface area contributed by atoms with Crippen LogP contribution in [0.3, 0.4) is 0 Å². The number of hydrogen-bond acceptors (Lipinski definition) is 6. The molecule has 0 unspecified atom stereocenters. The van der Waals surface area contributed by atoms with Crippen LogP contribution in [0, 0.1) is 0 Å². The van der Waals surface area contributed by atoms with Crippen molar-refractivity contribution in [3.05, 3.63) is 0 Å². The van der Waals surface area contributed by atoms with E-state index in [-0.39, 0.29) is 12.0 Å². The lowest BCUT2D eigenvalue weighted by atomic mass is 10.2. The summed E-state index contributed by atoms with van der Waals surface area (Å²) in [4.78, 5) is 11.9. The average molecular weight is 311 g/mol. The van der Waals surface area contributed by atoms with Gasteiger partial charge in [0.15, 0.2) is 0 Å². The first kappa shape index (κ1) is 14.8. The summed E-state index contributed by atoms with van der Waals surface area (Å²) in [5.41, 5.74) is 0. The standard InChI is InChI=1S/C13H21N5O2S/c19-12(14-8-11-6-3-7-20-11)9-21-13-15-16-17-18(13)10-4-1-2-5-10/h10-11H,1-9H2,(H,14,19)/t11-/m1/s1. The average Bonchev–Trinajstić information content (AvgIpc) is 3.24. The molecule has 3 rings (SSSR count). The third-order valence-corrected chi connectivity index (χ3v) is 4.95. The van der Waals surface area contributed by atoms with Gasteiger partial charge in [-0.1, -0.05) is 24.6 Å². The Morgan fingerprint density at radius 1 is 1.33 bits per heavy atom. The van der Waals surface area contributed by atoms with Crippen molar-refractivity contribution < 1.29 is 9.53 Å². The summed E-state index contributed by atoms with van der Waals surface area (Å²) < 4.78 is 7.36. The van der Waals surface area contributed by atoms with Gasteiger partial charge in [0.1, 0.15) is 0 Å². The molecular formula is C13H21N5O2S. The van der Waals surface area contributed by atoms with Crippen molar-refractivity contribution in [3.63, 3.8) is 0 Å². The van der Waals surface area contributed by atoms with Crippen molar-refractivity contribution in [3.8, 4) is 0 Å². The van der Waals surface area contributed by atoms with E-state index in [9.17, 15) is 4.79 Å². The molecule has 1 atom stereocenters. The van der Waals surface area contributed by atoms with Crippen molar-refractivity contribution in [1.29, 1.82) is 0 Å². The summed E-state index contributed by atoms with van der Waals surface area (Å²) in [6.07, 6.45) is 7.03. The molecule has 116 valence electrons. The fraction of sp³-hybridized carbons (Fsp3) is 0.846. The van der Waals surface area contributed by atoms with Gasteiger partial charge < -0.3 is 10.1 Å². The number of ether oxygens (including phenoxy) is 1. The molecule has 2 heterocycles. The number of amides is 1. The zero-order chi connectivity index (χ0) is 14.5. The summed E-state index contributed by atoms with van der Waals surface area (Å²) >= 11 is 1.41. The molecule has 1 saturated heterocycles. The summed E-state index contributed by atoms with van der Waals surface area (Å²) in [5.74, 6) is 0.358. The first-order valence-corrected chi connectivity index (χ1v) is 8.60. The van der Waals surface area contributed by atoms with Crippen LogP contribution in [0.2, 0.25) is 0 Å². The van der Waals surface area contributed by atoms with Gasteiger partial charge in [-0.25, -0.2) is 4.68 Å². The van der Waals surface area contributed by atoms with Gasteiger partial charge in [0.25, 0.3) is 0 Å². The maximum atomic E-state index is 11.9. The van der Waals surface area contributed by atoms with Crippen LogP contribution >= 0.6 is 11.8 Å². The maximum absolute atomic E-state index is 11.9. The van der Waals surface area contributed by atoms with Crippen molar-refractivity contribution in [2.45, 2.75) is 55.8 Å². The predicted molar refractivity (Wildman–Crippen MR) is 78.0 cm³/mol. The van der Waals surface area contributed by atoms with Crippen LogP contribution in [-0.4, -0.2) is 51.1 Å². The van der Waals surface area contributed by atoms with Gasteiger partial charge in [-0.15, -0.1) is 5.10 Å². The summed E-state index contributed by atoms with van der Waals surface area (Å²) in [6, 6.07) is 0.400. The van der Waals surface area contributed by atoms with E-state index in [1.807, 2.05) is 4.68 Å². The molecule has 0 bridgehead atoms. The first-order chi connectivity index (χ1) is 10.3. The minimum Gasteiger partial charge on any atom is -0.376 e. The van der Waals surface area contributed by atoms with Crippen LogP contribution < -0.4 is 5.32 Å². The largest absolute Gasteiger partial charge is 0.376 e. The quantitative estimate of drug-likeness (QED) is 0.794. The molecule has 0 aromatic carbocycles. The Balaban J connectivity index is 1.44. The first-order valence-electron chi connectivity index (χ1n) is 7.62. The highest BCUT2D eigenvalue weighted by molar-refractivity contribution is 7.99. The van der Waals surface area contributed by atoms with E-state index >= 15 is 0 Å². The molecule has 2 aliphatic rings. The number of aromatic nitrogens is 4. The summed E-state index contributed by atoms with van der Waals surface area (Å²) in [6.45, 7) is 1.42. The van der Waals surface area contributed by atoms with Crippen LogP contribution in [0.15, 0.2) is 5.16 Å². The van der Waals surface area contributed by atoms with Crippen molar-refractivity contribution in [2.24, 2.45) is 0 Å². The lowest BCUT2D eigenvalue weighted by Crippen LogP contribution is -2.33. The second kappa shape index (κ2) is 7.22. The fourth-order valence-corrected chi connectivity index (χ4v) is 3.65. The number of carbonyl (C=O) groups is 1. The topological polar surface area (TPSA) is 81.9 Å². The normalized spacial score (nSPS) is 22.8. The highest BCUT2D eigenvalue weighted by atomic mass is 32.2. The van der Waals surface area contributed by atoms with Crippen LogP contribution in [0.5, 0.6) is 0 Å². The molecule has 1 aromatic rings. The van der Waals surface area contributed by atoms with Gasteiger partial charge in [-0.05, 0) is 36.1 Å². The number of tetrazole rings is 1. The van der Waals surface area contributed by atoms with E-state index in [4.69, 9.17) is 4.74 Å². The molecule has 21 heavy (non-hydrogen) atoms. The molecule has 1 saturated carbocycles. The SMILES string of the molecule is O=C(CSc1nnnn1C1CCCC1)NC[C@H]1CCCO1. The van der Waals surface area contributed by atoms with E-state index in [1.165, 1.54) is 24.6 Å². The van der Waals surface area contributed by atoms with Gasteiger partial charge in [-0.2, -0.15) is 0 Å². The van der Waals surface area contributed by atoms with E-state index in [0.29, 0.717) is 18.3 Å². The Labute approximate surface area is 128 Å². The van der Waals surface area contributed by atoms with Crippen molar-refractivity contribution >= 4 is 17.7 Å². The highest BCUT2D eigenvalue weighted by Crippen LogP contribution is 2.31. The molecule has 0 radical (unpaired) electrons. The lowest BCUT2D eigenvalue weighted by Gasteiger charge is -2.12. The number of thioether (sulfide) groups is 1. The van der Waals surface area contributed by atoms with Gasteiger partial charge in [0.2, 0.25) is 11.1 Å². The minimum absolute atomic E-state index is 0.0106. The molecule has 1 aliphatic carbocycles. The van der Waals surface area contributed by atoms with E-state index in [1.54, 1.807) is 0 Å². The monoisotopic (exact) mass is 311 g/mol. The smallest absolute Gasteiger partial charge is 0.230 e. The maximum Gasteiger partial charge on any atom is 0.230 e. The highest BCUT2D eigenvalue weighted by Gasteiger charge is 2.22. The molecule has 1 aromatic heterocycles. The second-order valence-corrected chi connectivity index (χ2v) is 6.51. The minimum atomic E-state index is 0.0106.